The van der Waals surface area contributed by atoms with E-state index in [0.717, 1.165) is 51.8 Å². The van der Waals surface area contributed by atoms with Crippen LogP contribution in [0.5, 0.6) is 0 Å². The van der Waals surface area contributed by atoms with Crippen molar-refractivity contribution in [1.82, 2.24) is 5.32 Å². The first kappa shape index (κ1) is 13.5. The zero-order valence-electron chi connectivity index (χ0n) is 10.0. The highest BCUT2D eigenvalue weighted by atomic mass is 16.5. The fourth-order valence-electron chi connectivity index (χ4n) is 1.92. The van der Waals surface area contributed by atoms with Crippen molar-refractivity contribution in [3.8, 4) is 0 Å². The number of nitrogens with two attached hydrogens (primary N) is 1. The summed E-state index contributed by atoms with van der Waals surface area (Å²) in [6, 6.07) is 0. The van der Waals surface area contributed by atoms with Crippen LogP contribution in [0.1, 0.15) is 44.9 Å². The predicted octanol–water partition coefficient (Wildman–Crippen LogP) is 1.19. The summed E-state index contributed by atoms with van der Waals surface area (Å²) < 4.78 is 5.52. The van der Waals surface area contributed by atoms with E-state index in [1.54, 1.807) is 0 Å². The Morgan fingerprint density at radius 2 is 2.19 bits per heavy atom. The Labute approximate surface area is 97.9 Å². The van der Waals surface area contributed by atoms with E-state index in [1.807, 2.05) is 0 Å². The second kappa shape index (κ2) is 8.53. The fraction of sp³-hybridized carbons (Fsp3) is 0.917. The van der Waals surface area contributed by atoms with E-state index in [-0.39, 0.29) is 12.0 Å². The van der Waals surface area contributed by atoms with Crippen molar-refractivity contribution < 1.29 is 9.53 Å². The Bertz CT molecular complexity index is 191. The lowest BCUT2D eigenvalue weighted by molar-refractivity contribution is -0.124. The summed E-state index contributed by atoms with van der Waals surface area (Å²) in [7, 11) is 0. The number of carbonyl (C=O) groups excluding carboxylic acids is 1. The van der Waals surface area contributed by atoms with Crippen LogP contribution in [0.3, 0.4) is 0 Å². The molecule has 0 spiro atoms. The molecule has 94 valence electrons. The molecule has 4 heteroatoms. The second-order valence-electron chi connectivity index (χ2n) is 4.39. The van der Waals surface area contributed by atoms with Crippen LogP contribution >= 0.6 is 0 Å². The second-order valence-corrected chi connectivity index (χ2v) is 4.39. The normalized spacial score (nSPS) is 20.7. The summed E-state index contributed by atoms with van der Waals surface area (Å²) in [5.41, 5.74) is 5.39. The summed E-state index contributed by atoms with van der Waals surface area (Å²) in [5, 5.41) is 2.93. The van der Waals surface area contributed by atoms with Gasteiger partial charge in [0.15, 0.2) is 0 Å². The van der Waals surface area contributed by atoms with Crippen LogP contribution in [0.4, 0.5) is 0 Å². The van der Waals surface area contributed by atoms with Crippen molar-refractivity contribution in [3.63, 3.8) is 0 Å². The number of ether oxygens (including phenoxy) is 1. The highest BCUT2D eigenvalue weighted by Crippen LogP contribution is 2.15. The summed E-state index contributed by atoms with van der Waals surface area (Å²) >= 11 is 0. The van der Waals surface area contributed by atoms with Gasteiger partial charge in [-0.1, -0.05) is 6.42 Å². The molecule has 0 aromatic rings. The zero-order valence-corrected chi connectivity index (χ0v) is 10.0. The largest absolute Gasteiger partial charge is 0.378 e. The van der Waals surface area contributed by atoms with Gasteiger partial charge in [0, 0.05) is 13.2 Å². The molecule has 1 amide bonds. The molecule has 3 N–H and O–H groups in total. The van der Waals surface area contributed by atoms with Gasteiger partial charge >= 0.3 is 0 Å². The molecular formula is C12H24N2O2. The molecule has 4 nitrogen and oxygen atoms in total. The topological polar surface area (TPSA) is 64.3 Å². The molecule has 1 aliphatic rings. The summed E-state index contributed by atoms with van der Waals surface area (Å²) in [4.78, 5) is 11.5. The molecule has 0 aromatic heterocycles. The third-order valence-corrected chi connectivity index (χ3v) is 2.89. The summed E-state index contributed by atoms with van der Waals surface area (Å²) in [5.74, 6) is 0.125. The van der Waals surface area contributed by atoms with Crippen LogP contribution in [0.2, 0.25) is 0 Å². The molecule has 1 heterocycles. The molecule has 1 rings (SSSR count). The van der Waals surface area contributed by atoms with Crippen LogP contribution in [0, 0.1) is 0 Å². The van der Waals surface area contributed by atoms with Crippen molar-refractivity contribution in [3.05, 3.63) is 0 Å². The van der Waals surface area contributed by atoms with E-state index in [9.17, 15) is 4.79 Å². The van der Waals surface area contributed by atoms with E-state index < -0.39 is 0 Å². The van der Waals surface area contributed by atoms with Crippen LogP contribution in [0.15, 0.2) is 0 Å². The quantitative estimate of drug-likeness (QED) is 0.643. The molecule has 1 fully saturated rings. The molecule has 16 heavy (non-hydrogen) atoms. The van der Waals surface area contributed by atoms with E-state index in [2.05, 4.69) is 5.32 Å². The molecule has 0 bridgehead atoms. The number of nitrogens with one attached hydrogen (secondary N) is 1. The highest BCUT2D eigenvalue weighted by molar-refractivity contribution is 5.76. The zero-order chi connectivity index (χ0) is 11.6. The lowest BCUT2D eigenvalue weighted by Crippen LogP contribution is -2.31. The van der Waals surface area contributed by atoms with Crippen LogP contribution < -0.4 is 11.1 Å². The number of carbonyl (C=O) groups is 1. The summed E-state index contributed by atoms with van der Waals surface area (Å²) in [6.45, 7) is 2.32. The molecule has 0 saturated carbocycles. The molecule has 1 atom stereocenters. The van der Waals surface area contributed by atoms with Gasteiger partial charge in [-0.2, -0.15) is 0 Å². The number of hydrogen-bond acceptors (Lipinski definition) is 3. The molecule has 0 aliphatic carbocycles. The van der Waals surface area contributed by atoms with Crippen LogP contribution in [-0.4, -0.2) is 31.7 Å². The van der Waals surface area contributed by atoms with E-state index in [4.69, 9.17) is 10.5 Å². The lowest BCUT2D eigenvalue weighted by Gasteiger charge is -2.21. The average molecular weight is 228 g/mol. The van der Waals surface area contributed by atoms with Gasteiger partial charge in [0.25, 0.3) is 0 Å². The van der Waals surface area contributed by atoms with Gasteiger partial charge in [0.2, 0.25) is 5.91 Å². The maximum absolute atomic E-state index is 11.5. The minimum Gasteiger partial charge on any atom is -0.378 e. The summed E-state index contributed by atoms with van der Waals surface area (Å²) in [6.07, 6.45) is 7.19. The van der Waals surface area contributed by atoms with Crippen molar-refractivity contribution in [2.75, 3.05) is 19.7 Å². The highest BCUT2D eigenvalue weighted by Gasteiger charge is 2.16. The third-order valence-electron chi connectivity index (χ3n) is 2.89. The smallest absolute Gasteiger partial charge is 0.222 e. The minimum atomic E-state index is 0.125. The number of unbranched alkanes of at least 4 members (excludes halogenated alkanes) is 2. The van der Waals surface area contributed by atoms with Crippen LogP contribution in [0.25, 0.3) is 0 Å². The Morgan fingerprint density at radius 3 is 2.88 bits per heavy atom. The molecule has 0 radical (unpaired) electrons. The molecule has 1 aliphatic heterocycles. The third kappa shape index (κ3) is 6.08. The van der Waals surface area contributed by atoms with Gasteiger partial charge in [-0.05, 0) is 38.6 Å². The first-order valence-electron chi connectivity index (χ1n) is 6.41. The number of rotatable bonds is 7. The van der Waals surface area contributed by atoms with Gasteiger partial charge in [-0.15, -0.1) is 0 Å². The number of amides is 1. The maximum Gasteiger partial charge on any atom is 0.222 e. The SMILES string of the molecule is NCCCCCNC(=O)CC1CCCCO1. The standard InChI is InChI=1S/C12H24N2O2/c13-7-3-1-4-8-14-12(15)10-11-6-2-5-9-16-11/h11H,1-10,13H2,(H,14,15). The first-order valence-corrected chi connectivity index (χ1v) is 6.41. The Kier molecular flexibility index (Phi) is 7.17. The molecule has 0 aromatic carbocycles. The molecule has 1 unspecified atom stereocenters. The van der Waals surface area contributed by atoms with Gasteiger partial charge in [-0.3, -0.25) is 4.79 Å². The molecule has 1 saturated heterocycles. The van der Waals surface area contributed by atoms with Crippen molar-refractivity contribution in [1.29, 1.82) is 0 Å². The van der Waals surface area contributed by atoms with E-state index in [1.165, 1.54) is 6.42 Å². The number of hydrogen-bond donors (Lipinski definition) is 2. The van der Waals surface area contributed by atoms with E-state index in [0.29, 0.717) is 6.42 Å². The lowest BCUT2D eigenvalue weighted by atomic mass is 10.1. The van der Waals surface area contributed by atoms with Crippen molar-refractivity contribution >= 4 is 5.91 Å². The Hall–Kier alpha value is -0.610. The maximum atomic E-state index is 11.5. The van der Waals surface area contributed by atoms with Crippen LogP contribution in [-0.2, 0) is 9.53 Å². The van der Waals surface area contributed by atoms with Crippen molar-refractivity contribution in [2.24, 2.45) is 5.73 Å². The van der Waals surface area contributed by atoms with E-state index >= 15 is 0 Å². The minimum absolute atomic E-state index is 0.125. The van der Waals surface area contributed by atoms with Gasteiger partial charge < -0.3 is 15.8 Å². The Morgan fingerprint density at radius 1 is 1.31 bits per heavy atom. The van der Waals surface area contributed by atoms with Crippen molar-refractivity contribution in [2.45, 2.75) is 51.0 Å². The first-order chi connectivity index (χ1) is 7.83. The fourth-order valence-corrected chi connectivity index (χ4v) is 1.92. The van der Waals surface area contributed by atoms with Gasteiger partial charge in [0.05, 0.1) is 12.5 Å². The Balaban J connectivity index is 1.97. The predicted molar refractivity (Wildman–Crippen MR) is 64.1 cm³/mol. The monoisotopic (exact) mass is 228 g/mol. The molecular weight excluding hydrogens is 204 g/mol. The van der Waals surface area contributed by atoms with Gasteiger partial charge in [0.1, 0.15) is 0 Å². The van der Waals surface area contributed by atoms with Gasteiger partial charge in [-0.25, -0.2) is 0 Å². The average Bonchev–Trinajstić information content (AvgIpc) is 2.30.